The summed E-state index contributed by atoms with van der Waals surface area (Å²) in [7, 11) is 1.23. The third-order valence-corrected chi connectivity index (χ3v) is 3.50. The monoisotopic (exact) mass is 305 g/mol. The van der Waals surface area contributed by atoms with Crippen LogP contribution in [0, 0.1) is 0 Å². The Hall–Kier alpha value is -2.41. The van der Waals surface area contributed by atoms with Gasteiger partial charge in [-0.1, -0.05) is 30.3 Å². The highest BCUT2D eigenvalue weighted by molar-refractivity contribution is 6.05. The lowest BCUT2D eigenvalue weighted by molar-refractivity contribution is -0.149. The average molecular weight is 305 g/mol. The van der Waals surface area contributed by atoms with Crippen LogP contribution >= 0.6 is 0 Å². The average Bonchev–Trinajstić information content (AvgIpc) is 2.81. The van der Waals surface area contributed by atoms with E-state index >= 15 is 0 Å². The Balaban J connectivity index is 2.30. The number of amides is 3. The molecule has 0 radical (unpaired) electrons. The molecular weight excluding hydrogens is 286 g/mol. The normalized spacial score (nSPS) is 16.1. The van der Waals surface area contributed by atoms with E-state index in [1.54, 1.807) is 30.3 Å². The number of carbonyl (C=O) groups is 3. The molecule has 1 aromatic carbocycles. The van der Waals surface area contributed by atoms with Gasteiger partial charge in [0.1, 0.15) is 6.54 Å². The van der Waals surface area contributed by atoms with Crippen LogP contribution in [0.25, 0.3) is 0 Å². The first-order valence-electron chi connectivity index (χ1n) is 7.04. The van der Waals surface area contributed by atoms with Gasteiger partial charge in [-0.25, -0.2) is 14.5 Å². The number of methoxy groups -OCH3 is 1. The number of urea groups is 1. The number of carbonyl (C=O) groups excluding carboxylic acids is 3. The molecule has 22 heavy (non-hydrogen) atoms. The maximum atomic E-state index is 12.4. The zero-order valence-corrected chi connectivity index (χ0v) is 12.4. The van der Waals surface area contributed by atoms with E-state index in [0.717, 1.165) is 4.90 Å². The molecule has 0 bridgehead atoms. The van der Waals surface area contributed by atoms with Crippen molar-refractivity contribution in [3.63, 3.8) is 0 Å². The van der Waals surface area contributed by atoms with Gasteiger partial charge >= 0.3 is 12.0 Å². The van der Waals surface area contributed by atoms with Crippen LogP contribution in [0.2, 0.25) is 0 Å². The predicted octanol–water partition coefficient (Wildman–Crippen LogP) is 0.514. The second-order valence-corrected chi connectivity index (χ2v) is 4.95. The highest BCUT2D eigenvalue weighted by atomic mass is 16.5. The summed E-state index contributed by atoms with van der Waals surface area (Å²) in [5.41, 5.74) is 5.97. The van der Waals surface area contributed by atoms with Crippen molar-refractivity contribution in [1.29, 1.82) is 0 Å². The van der Waals surface area contributed by atoms with Gasteiger partial charge in [-0.3, -0.25) is 4.79 Å². The van der Waals surface area contributed by atoms with Crippen molar-refractivity contribution in [2.45, 2.75) is 12.5 Å². The van der Waals surface area contributed by atoms with Crippen LogP contribution in [-0.2, 0) is 14.3 Å². The zero-order valence-electron chi connectivity index (χ0n) is 12.4. The van der Waals surface area contributed by atoms with Gasteiger partial charge < -0.3 is 15.4 Å². The first-order valence-corrected chi connectivity index (χ1v) is 7.04. The van der Waals surface area contributed by atoms with Crippen molar-refractivity contribution < 1.29 is 19.1 Å². The fraction of sp³-hybridized carbons (Fsp3) is 0.400. The van der Waals surface area contributed by atoms with E-state index in [9.17, 15) is 14.4 Å². The second kappa shape index (κ2) is 7.04. The molecule has 1 saturated heterocycles. The third kappa shape index (κ3) is 3.09. The minimum atomic E-state index is -1.06. The lowest BCUT2D eigenvalue weighted by Gasteiger charge is -2.24. The van der Waals surface area contributed by atoms with Crippen LogP contribution < -0.4 is 5.73 Å². The number of nitrogens with zero attached hydrogens (tertiary/aromatic N) is 2. The van der Waals surface area contributed by atoms with Crippen LogP contribution in [-0.4, -0.2) is 54.5 Å². The molecule has 118 valence electrons. The maximum absolute atomic E-state index is 12.4. The lowest BCUT2D eigenvalue weighted by atomic mass is 10.1. The van der Waals surface area contributed by atoms with Crippen molar-refractivity contribution in [3.05, 3.63) is 35.9 Å². The largest absolute Gasteiger partial charge is 0.467 e. The first-order chi connectivity index (χ1) is 10.6. The molecule has 1 heterocycles. The minimum absolute atomic E-state index is 0.0425. The van der Waals surface area contributed by atoms with Crippen LogP contribution in [0.1, 0.15) is 18.0 Å². The highest BCUT2D eigenvalue weighted by Crippen LogP contribution is 2.27. The van der Waals surface area contributed by atoms with Crippen molar-refractivity contribution >= 4 is 17.9 Å². The summed E-state index contributed by atoms with van der Waals surface area (Å²) in [6, 6.07) is 7.09. The standard InChI is InChI=1S/C15H19N3O4/c1-22-14(20)13(11-6-3-2-4-7-11)18-12(19)10-17(15(18)21)9-5-8-16/h2-4,6-7,13H,5,8-10,16H2,1H3. The molecule has 0 saturated carbocycles. The molecule has 0 aliphatic carbocycles. The minimum Gasteiger partial charge on any atom is -0.467 e. The Kier molecular flexibility index (Phi) is 5.11. The molecule has 0 spiro atoms. The molecule has 1 aliphatic heterocycles. The van der Waals surface area contributed by atoms with E-state index in [1.807, 2.05) is 0 Å². The molecule has 7 nitrogen and oxygen atoms in total. The number of benzene rings is 1. The van der Waals surface area contributed by atoms with Crippen LogP contribution in [0.3, 0.4) is 0 Å². The molecule has 3 amide bonds. The fourth-order valence-corrected chi connectivity index (χ4v) is 2.41. The summed E-state index contributed by atoms with van der Waals surface area (Å²) in [5, 5.41) is 0. The van der Waals surface area contributed by atoms with Crippen molar-refractivity contribution in [2.75, 3.05) is 26.7 Å². The summed E-state index contributed by atoms with van der Waals surface area (Å²) in [6.45, 7) is 0.774. The summed E-state index contributed by atoms with van der Waals surface area (Å²) < 4.78 is 4.77. The van der Waals surface area contributed by atoms with Crippen LogP contribution in [0.15, 0.2) is 30.3 Å². The number of nitrogens with two attached hydrogens (primary N) is 1. The Labute approximate surface area is 128 Å². The predicted molar refractivity (Wildman–Crippen MR) is 78.7 cm³/mol. The van der Waals surface area contributed by atoms with Crippen molar-refractivity contribution in [2.24, 2.45) is 5.73 Å². The van der Waals surface area contributed by atoms with Crippen LogP contribution in [0.4, 0.5) is 4.79 Å². The van der Waals surface area contributed by atoms with E-state index in [4.69, 9.17) is 10.5 Å². The van der Waals surface area contributed by atoms with Gasteiger partial charge in [-0.2, -0.15) is 0 Å². The molecule has 1 fully saturated rings. The number of hydrogen-bond donors (Lipinski definition) is 1. The Morgan fingerprint density at radius 2 is 2.00 bits per heavy atom. The van der Waals surface area contributed by atoms with E-state index in [0.29, 0.717) is 25.1 Å². The molecule has 7 heteroatoms. The quantitative estimate of drug-likeness (QED) is 0.611. The van der Waals surface area contributed by atoms with Crippen LogP contribution in [0.5, 0.6) is 0 Å². The number of imide groups is 1. The molecule has 0 aromatic heterocycles. The highest BCUT2D eigenvalue weighted by Gasteiger charge is 2.44. The number of esters is 1. The van der Waals surface area contributed by atoms with E-state index in [2.05, 4.69) is 0 Å². The SMILES string of the molecule is COC(=O)C(c1ccccc1)N1C(=O)CN(CCCN)C1=O. The van der Waals surface area contributed by atoms with Crippen molar-refractivity contribution in [3.8, 4) is 0 Å². The lowest BCUT2D eigenvalue weighted by Crippen LogP contribution is -2.40. The zero-order chi connectivity index (χ0) is 16.1. The Bertz CT molecular complexity index is 561. The van der Waals surface area contributed by atoms with Gasteiger partial charge in [0, 0.05) is 6.54 Å². The van der Waals surface area contributed by atoms with Gasteiger partial charge in [-0.05, 0) is 18.5 Å². The summed E-state index contributed by atoms with van der Waals surface area (Å²) in [6.07, 6.45) is 0.598. The van der Waals surface area contributed by atoms with Gasteiger partial charge in [-0.15, -0.1) is 0 Å². The second-order valence-electron chi connectivity index (χ2n) is 4.95. The molecule has 1 aliphatic rings. The van der Waals surface area contributed by atoms with Gasteiger partial charge in [0.25, 0.3) is 5.91 Å². The van der Waals surface area contributed by atoms with Gasteiger partial charge in [0.05, 0.1) is 7.11 Å². The maximum Gasteiger partial charge on any atom is 0.333 e. The Morgan fingerprint density at radius 1 is 1.32 bits per heavy atom. The fourth-order valence-electron chi connectivity index (χ4n) is 2.41. The first kappa shape index (κ1) is 16.0. The van der Waals surface area contributed by atoms with Gasteiger partial charge in [0.2, 0.25) is 0 Å². The molecular formula is C15H19N3O4. The van der Waals surface area contributed by atoms with E-state index in [-0.39, 0.29) is 6.54 Å². The number of ether oxygens (including phenoxy) is 1. The summed E-state index contributed by atoms with van der Waals surface area (Å²) >= 11 is 0. The summed E-state index contributed by atoms with van der Waals surface area (Å²) in [5.74, 6) is -1.06. The molecule has 1 unspecified atom stereocenters. The van der Waals surface area contributed by atoms with E-state index in [1.165, 1.54) is 12.0 Å². The van der Waals surface area contributed by atoms with Gasteiger partial charge in [0.15, 0.2) is 6.04 Å². The topological polar surface area (TPSA) is 92.9 Å². The molecule has 2 N–H and O–H groups in total. The molecule has 1 aromatic rings. The third-order valence-electron chi connectivity index (χ3n) is 3.50. The molecule has 1 atom stereocenters. The number of rotatable bonds is 6. The van der Waals surface area contributed by atoms with Crippen molar-refractivity contribution in [1.82, 2.24) is 9.80 Å². The number of hydrogen-bond acceptors (Lipinski definition) is 5. The Morgan fingerprint density at radius 3 is 2.59 bits per heavy atom. The molecule has 2 rings (SSSR count). The summed E-state index contributed by atoms with van der Waals surface area (Å²) in [4.78, 5) is 39.1. The van der Waals surface area contributed by atoms with E-state index < -0.39 is 23.9 Å². The smallest absolute Gasteiger partial charge is 0.333 e.